The largest absolute Gasteiger partial charge is 0.356 e. The van der Waals surface area contributed by atoms with Crippen LogP contribution in [0.5, 0.6) is 0 Å². The lowest BCUT2D eigenvalue weighted by Crippen LogP contribution is -2.38. The van der Waals surface area contributed by atoms with E-state index in [4.69, 9.17) is 0 Å². The predicted molar refractivity (Wildman–Crippen MR) is 86.2 cm³/mol. The number of hydrogen-bond donors (Lipinski definition) is 0. The maximum atomic E-state index is 11.5. The lowest BCUT2D eigenvalue weighted by Gasteiger charge is -2.32. The molecular formula is C14H19N3OS2. The Morgan fingerprint density at radius 1 is 1.30 bits per heavy atom. The third-order valence-electron chi connectivity index (χ3n) is 3.95. The molecule has 0 unspecified atom stereocenters. The lowest BCUT2D eigenvalue weighted by atomic mass is 10.1. The van der Waals surface area contributed by atoms with Crippen molar-refractivity contribution < 1.29 is 4.21 Å². The summed E-state index contributed by atoms with van der Waals surface area (Å²) in [5.41, 5.74) is 1.24. The minimum Gasteiger partial charge on any atom is -0.356 e. The van der Waals surface area contributed by atoms with Crippen molar-refractivity contribution in [2.75, 3.05) is 23.5 Å². The third-order valence-corrected chi connectivity index (χ3v) is 6.32. The number of thiophene rings is 1. The SMILES string of the molecule is Cc1nc(N(C)C2CCS(=O)CC2)c2c(C)csc2n1. The summed E-state index contributed by atoms with van der Waals surface area (Å²) in [5.74, 6) is 3.47. The number of rotatable bonds is 2. The Labute approximate surface area is 125 Å². The molecule has 2 aromatic rings. The molecule has 0 spiro atoms. The van der Waals surface area contributed by atoms with Crippen molar-refractivity contribution in [3.8, 4) is 0 Å². The van der Waals surface area contributed by atoms with Crippen molar-refractivity contribution in [1.82, 2.24) is 9.97 Å². The Morgan fingerprint density at radius 3 is 2.70 bits per heavy atom. The van der Waals surface area contributed by atoms with Crippen LogP contribution in [0.2, 0.25) is 0 Å². The number of aryl methyl sites for hydroxylation is 2. The average Bonchev–Trinajstić information content (AvgIpc) is 2.79. The van der Waals surface area contributed by atoms with Gasteiger partial charge < -0.3 is 4.90 Å². The standard InChI is InChI=1S/C14H19N3OS2/c1-9-8-19-14-12(9)13(15-10(2)16-14)17(3)11-4-6-20(18)7-5-11/h8,11H,4-7H2,1-3H3. The molecule has 0 atom stereocenters. The van der Waals surface area contributed by atoms with Crippen LogP contribution in [0.3, 0.4) is 0 Å². The molecule has 0 bridgehead atoms. The van der Waals surface area contributed by atoms with Crippen molar-refractivity contribution >= 4 is 38.2 Å². The van der Waals surface area contributed by atoms with Crippen LogP contribution < -0.4 is 4.90 Å². The Kier molecular flexibility index (Phi) is 3.77. The van der Waals surface area contributed by atoms with E-state index in [1.54, 1.807) is 11.3 Å². The number of nitrogens with zero attached hydrogens (tertiary/aromatic N) is 3. The van der Waals surface area contributed by atoms with Crippen LogP contribution in [-0.2, 0) is 10.8 Å². The molecule has 4 nitrogen and oxygen atoms in total. The zero-order valence-electron chi connectivity index (χ0n) is 12.0. The lowest BCUT2D eigenvalue weighted by molar-refractivity contribution is 0.567. The molecule has 0 N–H and O–H groups in total. The van der Waals surface area contributed by atoms with Crippen LogP contribution >= 0.6 is 11.3 Å². The third kappa shape index (κ3) is 2.46. The van der Waals surface area contributed by atoms with E-state index in [0.29, 0.717) is 6.04 Å². The summed E-state index contributed by atoms with van der Waals surface area (Å²) in [6.07, 6.45) is 1.97. The van der Waals surface area contributed by atoms with E-state index in [1.165, 1.54) is 10.9 Å². The first-order valence-electron chi connectivity index (χ1n) is 6.86. The summed E-state index contributed by atoms with van der Waals surface area (Å²) in [6, 6.07) is 0.435. The molecule has 0 amide bonds. The molecule has 20 heavy (non-hydrogen) atoms. The van der Waals surface area contributed by atoms with Crippen molar-refractivity contribution in [2.24, 2.45) is 0 Å². The first-order valence-corrected chi connectivity index (χ1v) is 9.23. The van der Waals surface area contributed by atoms with Crippen molar-refractivity contribution in [1.29, 1.82) is 0 Å². The zero-order valence-corrected chi connectivity index (χ0v) is 13.7. The van der Waals surface area contributed by atoms with E-state index in [0.717, 1.165) is 40.8 Å². The van der Waals surface area contributed by atoms with Gasteiger partial charge in [-0.25, -0.2) is 9.97 Å². The Balaban J connectivity index is 2.00. The first-order chi connectivity index (χ1) is 9.56. The van der Waals surface area contributed by atoms with Gasteiger partial charge in [0.05, 0.1) is 5.39 Å². The van der Waals surface area contributed by atoms with Gasteiger partial charge in [-0.1, -0.05) is 0 Å². The highest BCUT2D eigenvalue weighted by Crippen LogP contribution is 2.33. The molecule has 6 heteroatoms. The number of fused-ring (bicyclic) bond motifs is 1. The molecule has 0 aromatic carbocycles. The second kappa shape index (κ2) is 5.41. The van der Waals surface area contributed by atoms with Crippen molar-refractivity contribution in [2.45, 2.75) is 32.7 Å². The molecule has 1 saturated heterocycles. The molecule has 0 aliphatic carbocycles. The zero-order chi connectivity index (χ0) is 14.3. The summed E-state index contributed by atoms with van der Waals surface area (Å²) >= 11 is 1.68. The number of aromatic nitrogens is 2. The van der Waals surface area contributed by atoms with Gasteiger partial charge in [-0.15, -0.1) is 11.3 Å². The predicted octanol–water partition coefficient (Wildman–Crippen LogP) is 2.66. The fraction of sp³-hybridized carbons (Fsp3) is 0.571. The van der Waals surface area contributed by atoms with E-state index >= 15 is 0 Å². The van der Waals surface area contributed by atoms with Crippen molar-refractivity contribution in [3.05, 3.63) is 16.8 Å². The minimum absolute atomic E-state index is 0.435. The summed E-state index contributed by atoms with van der Waals surface area (Å²) in [4.78, 5) is 12.5. The number of hydrogen-bond acceptors (Lipinski definition) is 5. The molecule has 1 aliphatic rings. The fourth-order valence-corrected chi connectivity index (χ4v) is 5.00. The number of anilines is 1. The monoisotopic (exact) mass is 309 g/mol. The van der Waals surface area contributed by atoms with Gasteiger partial charge in [-0.05, 0) is 37.6 Å². The van der Waals surface area contributed by atoms with Crippen LogP contribution in [-0.4, -0.2) is 38.8 Å². The second-order valence-corrected chi connectivity index (χ2v) is 7.94. The molecule has 3 heterocycles. The Bertz CT molecular complexity index is 658. The summed E-state index contributed by atoms with van der Waals surface area (Å²) in [5, 5.41) is 3.32. The smallest absolute Gasteiger partial charge is 0.141 e. The maximum absolute atomic E-state index is 11.5. The normalized spacial score (nSPS) is 23.1. The topological polar surface area (TPSA) is 46.1 Å². The molecule has 3 rings (SSSR count). The second-order valence-electron chi connectivity index (χ2n) is 5.38. The molecule has 0 radical (unpaired) electrons. The highest BCUT2D eigenvalue weighted by atomic mass is 32.2. The highest BCUT2D eigenvalue weighted by Gasteiger charge is 2.24. The van der Waals surface area contributed by atoms with Crippen LogP contribution in [0.15, 0.2) is 5.38 Å². The molecular weight excluding hydrogens is 290 g/mol. The first kappa shape index (κ1) is 13.9. The molecule has 0 saturated carbocycles. The van der Waals surface area contributed by atoms with Crippen LogP contribution in [0.4, 0.5) is 5.82 Å². The van der Waals surface area contributed by atoms with Crippen molar-refractivity contribution in [3.63, 3.8) is 0 Å². The van der Waals surface area contributed by atoms with Crippen LogP contribution in [0.1, 0.15) is 24.2 Å². The summed E-state index contributed by atoms with van der Waals surface area (Å²) < 4.78 is 11.5. The van der Waals surface area contributed by atoms with Crippen LogP contribution in [0.25, 0.3) is 10.2 Å². The molecule has 2 aromatic heterocycles. The van der Waals surface area contributed by atoms with Crippen LogP contribution in [0, 0.1) is 13.8 Å². The van der Waals surface area contributed by atoms with Gasteiger partial charge in [0.2, 0.25) is 0 Å². The van der Waals surface area contributed by atoms with Gasteiger partial charge in [0.25, 0.3) is 0 Å². The quantitative estimate of drug-likeness (QED) is 0.855. The van der Waals surface area contributed by atoms with E-state index in [-0.39, 0.29) is 0 Å². The van der Waals surface area contributed by atoms with E-state index in [2.05, 4.69) is 34.2 Å². The van der Waals surface area contributed by atoms with Gasteiger partial charge in [0.1, 0.15) is 16.5 Å². The molecule has 108 valence electrons. The van der Waals surface area contributed by atoms with Gasteiger partial charge in [0.15, 0.2) is 0 Å². The maximum Gasteiger partial charge on any atom is 0.141 e. The van der Waals surface area contributed by atoms with Gasteiger partial charge >= 0.3 is 0 Å². The van der Waals surface area contributed by atoms with E-state index in [1.807, 2.05) is 6.92 Å². The summed E-state index contributed by atoms with van der Waals surface area (Å²) in [6.45, 7) is 4.06. The fourth-order valence-electron chi connectivity index (χ4n) is 2.76. The highest BCUT2D eigenvalue weighted by molar-refractivity contribution is 7.85. The summed E-state index contributed by atoms with van der Waals surface area (Å²) in [7, 11) is 1.49. The van der Waals surface area contributed by atoms with Gasteiger partial charge in [0, 0.05) is 35.4 Å². The average molecular weight is 309 g/mol. The minimum atomic E-state index is -0.619. The Hall–Kier alpha value is -1.01. The molecule has 1 fully saturated rings. The van der Waals surface area contributed by atoms with Gasteiger partial charge in [-0.3, -0.25) is 4.21 Å². The van der Waals surface area contributed by atoms with E-state index < -0.39 is 10.8 Å². The Morgan fingerprint density at radius 2 is 2.00 bits per heavy atom. The molecule has 1 aliphatic heterocycles. The van der Waals surface area contributed by atoms with E-state index in [9.17, 15) is 4.21 Å². The van der Waals surface area contributed by atoms with Gasteiger partial charge in [-0.2, -0.15) is 0 Å².